The second kappa shape index (κ2) is 9.18. The molecule has 1 heterocycles. The second-order valence-corrected chi connectivity index (χ2v) is 8.31. The van der Waals surface area contributed by atoms with Crippen LogP contribution in [0.1, 0.15) is 53.7 Å². The Kier molecular flexibility index (Phi) is 6.39. The van der Waals surface area contributed by atoms with Crippen LogP contribution < -0.4 is 10.6 Å². The third-order valence-electron chi connectivity index (χ3n) is 5.92. The van der Waals surface area contributed by atoms with Gasteiger partial charge in [0.25, 0.3) is 11.8 Å². The number of carbonyl (C=O) groups is 2. The van der Waals surface area contributed by atoms with Crippen molar-refractivity contribution in [1.29, 1.82) is 0 Å². The highest BCUT2D eigenvalue weighted by molar-refractivity contribution is 5.94. The zero-order valence-corrected chi connectivity index (χ0v) is 17.6. The molecule has 2 N–H and O–H groups in total. The molecule has 0 unspecified atom stereocenters. The summed E-state index contributed by atoms with van der Waals surface area (Å²) in [5.74, 6) is 0.582. The van der Waals surface area contributed by atoms with Gasteiger partial charge in [0, 0.05) is 24.7 Å². The summed E-state index contributed by atoms with van der Waals surface area (Å²) in [6.45, 7) is 8.20. The van der Waals surface area contributed by atoms with Crippen molar-refractivity contribution in [3.8, 4) is 0 Å². The van der Waals surface area contributed by atoms with Crippen LogP contribution in [0.15, 0.2) is 30.5 Å². The van der Waals surface area contributed by atoms with Crippen LogP contribution in [-0.2, 0) is 20.7 Å². The Labute approximate surface area is 177 Å². The van der Waals surface area contributed by atoms with Crippen molar-refractivity contribution in [2.24, 2.45) is 0 Å². The molecule has 1 saturated heterocycles. The number of nitrogens with zero attached hydrogens (tertiary/aromatic N) is 1. The summed E-state index contributed by atoms with van der Waals surface area (Å²) in [5.41, 5.74) is 2.95. The lowest BCUT2D eigenvalue weighted by molar-refractivity contribution is -0.148. The number of amides is 2. The molecule has 1 aliphatic heterocycles. The number of rotatable bonds is 8. The van der Waals surface area contributed by atoms with Gasteiger partial charge in [-0.15, -0.1) is 0 Å². The molecule has 0 spiro atoms. The van der Waals surface area contributed by atoms with E-state index in [2.05, 4.69) is 17.2 Å². The SMILES string of the molecule is C=C(C)OCCNC(=O)c1ccc2c(c1)[C@H](N(C(=O)[C@H]1CNCCO1)C1CC1)CC2. The van der Waals surface area contributed by atoms with E-state index in [4.69, 9.17) is 9.47 Å². The third-order valence-corrected chi connectivity index (χ3v) is 5.92. The lowest BCUT2D eigenvalue weighted by atomic mass is 10.0. The molecular formula is C23H31N3O4. The van der Waals surface area contributed by atoms with Crippen molar-refractivity contribution < 1.29 is 19.1 Å². The largest absolute Gasteiger partial charge is 0.497 e. The molecule has 30 heavy (non-hydrogen) atoms. The molecule has 7 heteroatoms. The van der Waals surface area contributed by atoms with Crippen molar-refractivity contribution in [3.05, 3.63) is 47.2 Å². The summed E-state index contributed by atoms with van der Waals surface area (Å²) in [5, 5.41) is 6.14. The van der Waals surface area contributed by atoms with Crippen LogP contribution in [0.25, 0.3) is 0 Å². The normalized spacial score (nSPS) is 22.8. The molecule has 1 saturated carbocycles. The van der Waals surface area contributed by atoms with E-state index >= 15 is 0 Å². The minimum atomic E-state index is -0.414. The van der Waals surface area contributed by atoms with Crippen LogP contribution in [0, 0.1) is 0 Å². The number of benzene rings is 1. The van der Waals surface area contributed by atoms with E-state index < -0.39 is 6.10 Å². The highest BCUT2D eigenvalue weighted by Gasteiger charge is 2.43. The second-order valence-electron chi connectivity index (χ2n) is 8.31. The molecule has 2 amide bonds. The zero-order chi connectivity index (χ0) is 21.1. The Hall–Kier alpha value is -2.38. The van der Waals surface area contributed by atoms with Crippen molar-refractivity contribution in [1.82, 2.24) is 15.5 Å². The number of hydrogen-bond donors (Lipinski definition) is 2. The number of nitrogens with one attached hydrogen (secondary N) is 2. The summed E-state index contributed by atoms with van der Waals surface area (Å²) in [7, 11) is 0. The molecule has 4 rings (SSSR count). The first-order chi connectivity index (χ1) is 14.5. The lowest BCUT2D eigenvalue weighted by Crippen LogP contribution is -2.50. The summed E-state index contributed by atoms with van der Waals surface area (Å²) in [6.07, 6.45) is 3.49. The average molecular weight is 414 g/mol. The smallest absolute Gasteiger partial charge is 0.253 e. The van der Waals surface area contributed by atoms with Crippen molar-refractivity contribution in [3.63, 3.8) is 0 Å². The molecule has 1 aromatic carbocycles. The summed E-state index contributed by atoms with van der Waals surface area (Å²) >= 11 is 0. The van der Waals surface area contributed by atoms with Crippen molar-refractivity contribution in [2.75, 3.05) is 32.8 Å². The topological polar surface area (TPSA) is 79.9 Å². The fraction of sp³-hybridized carbons (Fsp3) is 0.565. The zero-order valence-electron chi connectivity index (χ0n) is 17.6. The van der Waals surface area contributed by atoms with Gasteiger partial charge in [-0.3, -0.25) is 9.59 Å². The van der Waals surface area contributed by atoms with Crippen LogP contribution in [0.3, 0.4) is 0 Å². The van der Waals surface area contributed by atoms with E-state index in [-0.39, 0.29) is 23.9 Å². The molecule has 0 aromatic heterocycles. The van der Waals surface area contributed by atoms with Gasteiger partial charge < -0.3 is 25.0 Å². The molecule has 0 radical (unpaired) electrons. The van der Waals surface area contributed by atoms with Crippen LogP contribution in [0.2, 0.25) is 0 Å². The summed E-state index contributed by atoms with van der Waals surface area (Å²) in [6, 6.07) is 6.17. The van der Waals surface area contributed by atoms with Gasteiger partial charge in [0.05, 0.1) is 25.0 Å². The summed E-state index contributed by atoms with van der Waals surface area (Å²) in [4.78, 5) is 27.9. The van der Waals surface area contributed by atoms with E-state index in [1.54, 1.807) is 6.92 Å². The number of fused-ring (bicyclic) bond motifs is 1. The van der Waals surface area contributed by atoms with Crippen molar-refractivity contribution >= 4 is 11.8 Å². The van der Waals surface area contributed by atoms with Crippen molar-refractivity contribution in [2.45, 2.75) is 50.8 Å². The maximum Gasteiger partial charge on any atom is 0.253 e. The van der Waals surface area contributed by atoms with Gasteiger partial charge in [-0.1, -0.05) is 12.6 Å². The van der Waals surface area contributed by atoms with Gasteiger partial charge in [-0.05, 0) is 55.9 Å². The molecule has 162 valence electrons. The lowest BCUT2D eigenvalue weighted by Gasteiger charge is -2.34. The maximum absolute atomic E-state index is 13.3. The Bertz CT molecular complexity index is 815. The van der Waals surface area contributed by atoms with Crippen LogP contribution in [-0.4, -0.2) is 61.7 Å². The molecule has 2 aliphatic carbocycles. The van der Waals surface area contributed by atoms with Gasteiger partial charge in [0.1, 0.15) is 12.7 Å². The third kappa shape index (κ3) is 4.68. The number of ether oxygens (including phenoxy) is 2. The predicted octanol–water partition coefficient (Wildman–Crippen LogP) is 1.93. The minimum Gasteiger partial charge on any atom is -0.497 e. The number of allylic oxidation sites excluding steroid dienone is 1. The first-order valence-electron chi connectivity index (χ1n) is 10.9. The predicted molar refractivity (Wildman–Crippen MR) is 113 cm³/mol. The Morgan fingerprint density at radius 3 is 2.87 bits per heavy atom. The Morgan fingerprint density at radius 2 is 2.17 bits per heavy atom. The Balaban J connectivity index is 1.47. The fourth-order valence-electron chi connectivity index (χ4n) is 4.33. The number of aryl methyl sites for hydroxylation is 1. The van der Waals surface area contributed by atoms with E-state index in [1.165, 1.54) is 5.56 Å². The number of hydrogen-bond acceptors (Lipinski definition) is 5. The van der Waals surface area contributed by atoms with Gasteiger partial charge in [0.15, 0.2) is 0 Å². The van der Waals surface area contributed by atoms with Gasteiger partial charge in [-0.25, -0.2) is 0 Å². The first-order valence-corrected chi connectivity index (χ1v) is 10.9. The van der Waals surface area contributed by atoms with Gasteiger partial charge in [-0.2, -0.15) is 0 Å². The quantitative estimate of drug-likeness (QED) is 0.503. The minimum absolute atomic E-state index is 0.0185. The standard InChI is InChI=1S/C23H31N3O4/c1-15(2)29-12-10-25-22(27)17-4-3-16-5-8-20(19(16)13-17)26(18-6-7-18)23(28)21-14-24-9-11-30-21/h3-4,13,18,20-21,24H,1,5-12,14H2,2H3,(H,25,27)/t20-,21-/m1/s1. The monoisotopic (exact) mass is 413 g/mol. The average Bonchev–Trinajstić information content (AvgIpc) is 3.51. The highest BCUT2D eigenvalue weighted by atomic mass is 16.5. The number of carbonyl (C=O) groups excluding carboxylic acids is 2. The molecule has 2 atom stereocenters. The van der Waals surface area contributed by atoms with Crippen LogP contribution in [0.5, 0.6) is 0 Å². The molecule has 0 bridgehead atoms. The molecule has 3 aliphatic rings. The van der Waals surface area contributed by atoms with Gasteiger partial charge in [0.2, 0.25) is 0 Å². The molecule has 7 nitrogen and oxygen atoms in total. The van der Waals surface area contributed by atoms with E-state index in [0.717, 1.165) is 37.8 Å². The number of morpholine rings is 1. The molecule has 1 aromatic rings. The van der Waals surface area contributed by atoms with Crippen LogP contribution >= 0.6 is 0 Å². The summed E-state index contributed by atoms with van der Waals surface area (Å²) < 4.78 is 11.0. The van der Waals surface area contributed by atoms with Crippen LogP contribution in [0.4, 0.5) is 0 Å². The van der Waals surface area contributed by atoms with E-state index in [0.29, 0.717) is 37.6 Å². The van der Waals surface area contributed by atoms with E-state index in [1.807, 2.05) is 23.1 Å². The van der Waals surface area contributed by atoms with E-state index in [9.17, 15) is 9.59 Å². The Morgan fingerprint density at radius 1 is 1.33 bits per heavy atom. The maximum atomic E-state index is 13.3. The highest BCUT2D eigenvalue weighted by Crippen LogP contribution is 2.42. The molecular weight excluding hydrogens is 382 g/mol. The first kappa shape index (κ1) is 20.9. The molecule has 2 fully saturated rings. The fourth-order valence-corrected chi connectivity index (χ4v) is 4.33. The van der Waals surface area contributed by atoms with Gasteiger partial charge >= 0.3 is 0 Å².